The molecule has 2 rings (SSSR count). The van der Waals surface area contributed by atoms with Crippen molar-refractivity contribution in [3.05, 3.63) is 54.1 Å². The number of hydrogen-bond acceptors (Lipinski definition) is 4. The molecule has 0 bridgehead atoms. The van der Waals surface area contributed by atoms with Gasteiger partial charge in [-0.15, -0.1) is 0 Å². The number of nitrogens with zero attached hydrogens (tertiary/aromatic N) is 2. The summed E-state index contributed by atoms with van der Waals surface area (Å²) < 4.78 is 0. The lowest BCUT2D eigenvalue weighted by atomic mass is 10.0. The molecule has 0 fully saturated rings. The molecule has 1 aromatic carbocycles. The Balaban J connectivity index is 1.95. The average molecular weight is 342 g/mol. The Morgan fingerprint density at radius 1 is 1.16 bits per heavy atom. The smallest absolute Gasteiger partial charge is 0.319 e. The summed E-state index contributed by atoms with van der Waals surface area (Å²) in [6, 6.07) is 8.95. The number of aliphatic carboxylic acids is 1. The third kappa shape index (κ3) is 6.58. The van der Waals surface area contributed by atoms with Crippen molar-refractivity contribution in [1.29, 1.82) is 0 Å². The minimum Gasteiger partial charge on any atom is -0.481 e. The van der Waals surface area contributed by atoms with E-state index < -0.39 is 12.0 Å². The quantitative estimate of drug-likeness (QED) is 0.684. The first-order chi connectivity index (χ1) is 12.1. The molecule has 0 aliphatic rings. The van der Waals surface area contributed by atoms with Gasteiger partial charge >= 0.3 is 12.0 Å². The van der Waals surface area contributed by atoms with Crippen LogP contribution in [-0.4, -0.2) is 33.1 Å². The van der Waals surface area contributed by atoms with Crippen LogP contribution < -0.4 is 10.6 Å². The van der Waals surface area contributed by atoms with Crippen molar-refractivity contribution in [2.45, 2.75) is 38.6 Å². The van der Waals surface area contributed by atoms with Crippen LogP contribution in [-0.2, 0) is 17.6 Å². The van der Waals surface area contributed by atoms with E-state index in [2.05, 4.69) is 20.6 Å². The zero-order chi connectivity index (χ0) is 18.1. The number of amides is 2. The first-order valence-corrected chi connectivity index (χ1v) is 8.21. The van der Waals surface area contributed by atoms with Crippen molar-refractivity contribution in [3.63, 3.8) is 0 Å². The molecular weight excluding hydrogens is 320 g/mol. The van der Waals surface area contributed by atoms with Gasteiger partial charge in [-0.25, -0.2) is 14.8 Å². The van der Waals surface area contributed by atoms with Crippen molar-refractivity contribution in [2.24, 2.45) is 0 Å². The molecule has 25 heavy (non-hydrogen) atoms. The van der Waals surface area contributed by atoms with Gasteiger partial charge in [-0.1, -0.05) is 37.3 Å². The van der Waals surface area contributed by atoms with Crippen LogP contribution in [0.1, 0.15) is 31.2 Å². The largest absolute Gasteiger partial charge is 0.481 e. The Hall–Kier alpha value is -2.96. The van der Waals surface area contributed by atoms with Gasteiger partial charge in [0.1, 0.15) is 5.82 Å². The first-order valence-electron chi connectivity index (χ1n) is 8.21. The molecule has 2 amide bonds. The number of carboxylic acid groups (broad SMARTS) is 1. The maximum Gasteiger partial charge on any atom is 0.319 e. The molecule has 1 aromatic heterocycles. The van der Waals surface area contributed by atoms with Gasteiger partial charge in [0.25, 0.3) is 0 Å². The maximum atomic E-state index is 12.2. The third-order valence-electron chi connectivity index (χ3n) is 3.65. The van der Waals surface area contributed by atoms with E-state index in [1.54, 1.807) is 12.4 Å². The SMILES string of the molecule is CCc1ncc(NC(=O)NC(CCC(=O)O)Cc2ccccc2)cn1. The second-order valence-electron chi connectivity index (χ2n) is 5.66. The summed E-state index contributed by atoms with van der Waals surface area (Å²) in [7, 11) is 0. The van der Waals surface area contributed by atoms with Crippen LogP contribution in [0, 0.1) is 0 Å². The summed E-state index contributed by atoms with van der Waals surface area (Å²) in [5, 5.41) is 14.4. The van der Waals surface area contributed by atoms with Gasteiger partial charge in [0.2, 0.25) is 0 Å². The summed E-state index contributed by atoms with van der Waals surface area (Å²) in [4.78, 5) is 31.3. The van der Waals surface area contributed by atoms with Gasteiger partial charge in [0.05, 0.1) is 18.1 Å². The van der Waals surface area contributed by atoms with Gasteiger partial charge in [-0.05, 0) is 18.4 Å². The number of carboxylic acids is 1. The summed E-state index contributed by atoms with van der Waals surface area (Å²) in [6.45, 7) is 1.95. The molecule has 7 heteroatoms. The molecular formula is C18H22N4O3. The second kappa shape index (κ2) is 9.36. The van der Waals surface area contributed by atoms with E-state index in [0.29, 0.717) is 24.4 Å². The van der Waals surface area contributed by atoms with Crippen molar-refractivity contribution >= 4 is 17.7 Å². The number of aryl methyl sites for hydroxylation is 1. The van der Waals surface area contributed by atoms with Crippen LogP contribution in [0.3, 0.4) is 0 Å². The Morgan fingerprint density at radius 3 is 2.44 bits per heavy atom. The van der Waals surface area contributed by atoms with Crippen LogP contribution >= 0.6 is 0 Å². The predicted octanol–water partition coefficient (Wildman–Crippen LogP) is 2.64. The molecule has 0 spiro atoms. The number of hydrogen-bond donors (Lipinski definition) is 3. The number of carbonyl (C=O) groups is 2. The number of anilines is 1. The first kappa shape index (κ1) is 18.4. The monoisotopic (exact) mass is 342 g/mol. The van der Waals surface area contributed by atoms with Crippen LogP contribution in [0.5, 0.6) is 0 Å². The molecule has 0 saturated carbocycles. The molecule has 1 unspecified atom stereocenters. The van der Waals surface area contributed by atoms with E-state index in [1.165, 1.54) is 0 Å². The fraction of sp³-hybridized carbons (Fsp3) is 0.333. The normalized spacial score (nSPS) is 11.6. The van der Waals surface area contributed by atoms with Gasteiger partial charge in [0, 0.05) is 18.9 Å². The molecule has 7 nitrogen and oxygen atoms in total. The third-order valence-corrected chi connectivity index (χ3v) is 3.65. The molecule has 0 aliphatic heterocycles. The minimum absolute atomic E-state index is 0.00785. The van der Waals surface area contributed by atoms with Gasteiger partial charge in [-0.3, -0.25) is 4.79 Å². The number of carbonyl (C=O) groups excluding carboxylic acids is 1. The number of rotatable bonds is 8. The van der Waals surface area contributed by atoms with Crippen LogP contribution in [0.4, 0.5) is 10.5 Å². The highest BCUT2D eigenvalue weighted by molar-refractivity contribution is 5.89. The second-order valence-corrected chi connectivity index (χ2v) is 5.66. The van der Waals surface area contributed by atoms with Gasteiger partial charge in [0.15, 0.2) is 0 Å². The van der Waals surface area contributed by atoms with Crippen molar-refractivity contribution < 1.29 is 14.7 Å². The zero-order valence-corrected chi connectivity index (χ0v) is 14.1. The zero-order valence-electron chi connectivity index (χ0n) is 14.1. The Labute approximate surface area is 146 Å². The fourth-order valence-electron chi connectivity index (χ4n) is 2.38. The van der Waals surface area contributed by atoms with E-state index >= 15 is 0 Å². The fourth-order valence-corrected chi connectivity index (χ4v) is 2.38. The Bertz CT molecular complexity index is 689. The van der Waals surface area contributed by atoms with Gasteiger partial charge in [-0.2, -0.15) is 0 Å². The molecule has 2 aromatic rings. The molecule has 0 radical (unpaired) electrons. The number of benzene rings is 1. The molecule has 0 aliphatic carbocycles. The van der Waals surface area contributed by atoms with Crippen molar-refractivity contribution in [3.8, 4) is 0 Å². The summed E-state index contributed by atoms with van der Waals surface area (Å²) in [5.74, 6) is -0.182. The predicted molar refractivity (Wildman–Crippen MR) is 94.4 cm³/mol. The molecule has 3 N–H and O–H groups in total. The van der Waals surface area contributed by atoms with E-state index in [4.69, 9.17) is 5.11 Å². The number of aromatic nitrogens is 2. The topological polar surface area (TPSA) is 104 Å². The van der Waals surface area contributed by atoms with Crippen LogP contribution in [0.15, 0.2) is 42.7 Å². The minimum atomic E-state index is -0.885. The number of nitrogens with one attached hydrogen (secondary N) is 2. The average Bonchev–Trinajstić information content (AvgIpc) is 2.61. The van der Waals surface area contributed by atoms with E-state index in [0.717, 1.165) is 12.0 Å². The van der Waals surface area contributed by atoms with E-state index in [9.17, 15) is 9.59 Å². The van der Waals surface area contributed by atoms with E-state index in [-0.39, 0.29) is 12.5 Å². The van der Waals surface area contributed by atoms with Gasteiger partial charge < -0.3 is 15.7 Å². The molecule has 1 atom stereocenters. The summed E-state index contributed by atoms with van der Waals surface area (Å²) in [6.07, 6.45) is 4.73. The Kier molecular flexibility index (Phi) is 6.88. The lowest BCUT2D eigenvalue weighted by Crippen LogP contribution is -2.39. The molecule has 132 valence electrons. The highest BCUT2D eigenvalue weighted by Gasteiger charge is 2.15. The van der Waals surface area contributed by atoms with Crippen LogP contribution in [0.25, 0.3) is 0 Å². The summed E-state index contributed by atoms with van der Waals surface area (Å²) >= 11 is 0. The highest BCUT2D eigenvalue weighted by Crippen LogP contribution is 2.09. The van der Waals surface area contributed by atoms with Crippen molar-refractivity contribution in [2.75, 3.05) is 5.32 Å². The summed E-state index contributed by atoms with van der Waals surface area (Å²) in [5.41, 5.74) is 1.53. The maximum absolute atomic E-state index is 12.2. The lowest BCUT2D eigenvalue weighted by molar-refractivity contribution is -0.137. The van der Waals surface area contributed by atoms with Crippen molar-refractivity contribution in [1.82, 2.24) is 15.3 Å². The van der Waals surface area contributed by atoms with Crippen LogP contribution in [0.2, 0.25) is 0 Å². The standard InChI is InChI=1S/C18H22N4O3/c1-2-16-19-11-15(12-20-16)22-18(25)21-14(8-9-17(23)24)10-13-6-4-3-5-7-13/h3-7,11-12,14H,2,8-10H2,1H3,(H,23,24)(H2,21,22,25). The Morgan fingerprint density at radius 2 is 1.84 bits per heavy atom. The van der Waals surface area contributed by atoms with E-state index in [1.807, 2.05) is 37.3 Å². The molecule has 0 saturated heterocycles. The molecule has 1 heterocycles. The number of urea groups is 1. The highest BCUT2D eigenvalue weighted by atomic mass is 16.4. The lowest BCUT2D eigenvalue weighted by Gasteiger charge is -2.18.